The summed E-state index contributed by atoms with van der Waals surface area (Å²) in [5, 5.41) is 7.31. The summed E-state index contributed by atoms with van der Waals surface area (Å²) < 4.78 is 1.09. The molecule has 1 aliphatic rings. The van der Waals surface area contributed by atoms with E-state index in [0.717, 1.165) is 27.1 Å². The first kappa shape index (κ1) is 25.9. The first-order valence-electron chi connectivity index (χ1n) is 11.9. The summed E-state index contributed by atoms with van der Waals surface area (Å²) in [6.07, 6.45) is 10.1. The first-order valence-corrected chi connectivity index (χ1v) is 15.8. The molecule has 0 spiro atoms. The molecular formula is C27H36As2N2O2. The molecule has 3 atom stereocenters. The molecule has 6 heteroatoms. The zero-order chi connectivity index (χ0) is 23.6. The van der Waals surface area contributed by atoms with Gasteiger partial charge in [0, 0.05) is 0 Å². The number of amides is 2. The average Bonchev–Trinajstić information content (AvgIpc) is 2.80. The topological polar surface area (TPSA) is 58.2 Å². The number of hydrogen-bond acceptors (Lipinski definition) is 2. The Labute approximate surface area is 213 Å². The molecular weight excluding hydrogens is 534 g/mol. The van der Waals surface area contributed by atoms with Crippen LogP contribution >= 0.6 is 0 Å². The molecule has 0 heterocycles. The number of hydrogen-bond donors (Lipinski definition) is 2. The zero-order valence-electron chi connectivity index (χ0n) is 19.6. The number of carbonyl (C=O) groups excluding carboxylic acids is 2. The van der Waals surface area contributed by atoms with E-state index in [1.807, 2.05) is 56.3 Å². The van der Waals surface area contributed by atoms with Crippen LogP contribution in [-0.4, -0.2) is 50.5 Å². The number of para-hydroxylation sites is 1. The molecule has 3 unspecified atom stereocenters. The molecule has 2 amide bonds. The summed E-state index contributed by atoms with van der Waals surface area (Å²) in [5.74, 6) is 0.837. The van der Waals surface area contributed by atoms with Crippen LogP contribution in [0, 0.1) is 5.92 Å². The van der Waals surface area contributed by atoms with Crippen LogP contribution in [0.3, 0.4) is 0 Å². The van der Waals surface area contributed by atoms with Gasteiger partial charge in [-0.3, -0.25) is 0 Å². The van der Waals surface area contributed by atoms with Gasteiger partial charge >= 0.3 is 214 Å². The third-order valence-corrected chi connectivity index (χ3v) is 10.8. The van der Waals surface area contributed by atoms with E-state index in [1.165, 1.54) is 54.2 Å². The van der Waals surface area contributed by atoms with Crippen LogP contribution in [0.2, 0.25) is 5.21 Å². The second-order valence-corrected chi connectivity index (χ2v) is 13.3. The summed E-state index contributed by atoms with van der Waals surface area (Å²) >= 11 is 1.06. The molecule has 1 saturated carbocycles. The minimum atomic E-state index is -0.429. The minimum absolute atomic E-state index is 0.00131. The molecule has 2 aromatic rings. The van der Waals surface area contributed by atoms with E-state index in [2.05, 4.69) is 22.8 Å². The van der Waals surface area contributed by atoms with Gasteiger partial charge in [0.15, 0.2) is 0 Å². The van der Waals surface area contributed by atoms with Crippen LogP contribution in [0.1, 0.15) is 61.8 Å². The van der Waals surface area contributed by atoms with Gasteiger partial charge in [-0.1, -0.05) is 0 Å². The molecule has 0 radical (unpaired) electrons. The molecule has 1 aliphatic carbocycles. The van der Waals surface area contributed by atoms with Crippen LogP contribution in [0.5, 0.6) is 0 Å². The van der Waals surface area contributed by atoms with Gasteiger partial charge in [0.25, 0.3) is 0 Å². The Morgan fingerprint density at radius 2 is 1.76 bits per heavy atom. The van der Waals surface area contributed by atoms with Gasteiger partial charge < -0.3 is 0 Å². The Morgan fingerprint density at radius 1 is 1.06 bits per heavy atom. The van der Waals surface area contributed by atoms with Crippen molar-refractivity contribution in [2.24, 2.45) is 5.92 Å². The number of anilines is 1. The maximum atomic E-state index is 13.0. The summed E-state index contributed by atoms with van der Waals surface area (Å²) in [7, 11) is 0. The van der Waals surface area contributed by atoms with Gasteiger partial charge in [-0.2, -0.15) is 0 Å². The second kappa shape index (κ2) is 13.2. The van der Waals surface area contributed by atoms with Crippen molar-refractivity contribution in [2.75, 3.05) is 5.32 Å². The molecule has 2 N–H and O–H groups in total. The van der Waals surface area contributed by atoms with Gasteiger partial charge in [0.1, 0.15) is 0 Å². The van der Waals surface area contributed by atoms with Crippen molar-refractivity contribution in [3.05, 3.63) is 65.7 Å². The molecule has 33 heavy (non-hydrogen) atoms. The van der Waals surface area contributed by atoms with Gasteiger partial charge in [0.2, 0.25) is 0 Å². The molecule has 0 saturated heterocycles. The predicted molar refractivity (Wildman–Crippen MR) is 143 cm³/mol. The molecule has 4 nitrogen and oxygen atoms in total. The molecule has 2 aromatic carbocycles. The normalized spacial score (nSPS) is 15.9. The van der Waals surface area contributed by atoms with Crippen molar-refractivity contribution in [3.63, 3.8) is 0 Å². The number of rotatable bonds is 9. The summed E-state index contributed by atoms with van der Waals surface area (Å²) in [6, 6.07) is 16.1. The Kier molecular flexibility index (Phi) is 10.3. The van der Waals surface area contributed by atoms with Gasteiger partial charge in [0.05, 0.1) is 0 Å². The third kappa shape index (κ3) is 8.51. The molecule has 1 fully saturated rings. The third-order valence-electron chi connectivity index (χ3n) is 5.94. The predicted octanol–water partition coefficient (Wildman–Crippen LogP) is 3.60. The van der Waals surface area contributed by atoms with E-state index >= 15 is 0 Å². The van der Waals surface area contributed by atoms with E-state index in [0.29, 0.717) is 0 Å². The van der Waals surface area contributed by atoms with Crippen LogP contribution < -0.4 is 15.0 Å². The first-order chi connectivity index (χ1) is 15.9. The molecule has 3 rings (SSSR count). The van der Waals surface area contributed by atoms with E-state index < -0.39 is 15.8 Å². The second-order valence-electron chi connectivity index (χ2n) is 9.09. The van der Waals surface area contributed by atoms with Crippen molar-refractivity contribution in [1.82, 2.24) is 5.32 Å². The summed E-state index contributed by atoms with van der Waals surface area (Å²) in [6.45, 7) is 4.04. The zero-order valence-corrected chi connectivity index (χ0v) is 24.2. The summed E-state index contributed by atoms with van der Waals surface area (Å²) in [5.41, 5.74) is 2.91. The molecule has 0 bridgehead atoms. The van der Waals surface area contributed by atoms with Gasteiger partial charge in [-0.25, -0.2) is 0 Å². The van der Waals surface area contributed by atoms with Crippen LogP contribution in [-0.2, 0) is 9.59 Å². The summed E-state index contributed by atoms with van der Waals surface area (Å²) in [4.78, 5) is 25.3. The van der Waals surface area contributed by atoms with Crippen molar-refractivity contribution < 1.29 is 9.59 Å². The van der Waals surface area contributed by atoms with Gasteiger partial charge in [-0.15, -0.1) is 0 Å². The maximum absolute atomic E-state index is 13.0. The van der Waals surface area contributed by atoms with E-state index in [-0.39, 0.29) is 22.6 Å². The SMILES string of the molecule is CC(C)NC(=O)C([AsH]CC1CCCCC1)c1ccc(/C=C/C(=O)Nc2ccccc2[AsH2])cc1. The monoisotopic (exact) mass is 570 g/mol. The van der Waals surface area contributed by atoms with Crippen molar-refractivity contribution in [2.45, 2.75) is 61.9 Å². The molecule has 0 aromatic heterocycles. The Hall–Kier alpha value is -1.76. The number of carbonyl (C=O) groups is 2. The van der Waals surface area contributed by atoms with Crippen LogP contribution in [0.4, 0.5) is 5.69 Å². The molecule has 176 valence electrons. The standard InChI is InChI=1S/C27H36As2N2O2/c1-19(2)30-27(33)26(29-18-21-8-4-3-5-9-21)22-15-12-20(13-16-22)14-17-25(32)31-24-11-7-6-10-23(24)28/h6-7,10-17,19,21,26,29H,3-5,8-9,18,28H2,1-2H3,(H,30,33)(H,31,32)/b17-14+. The number of nitrogens with one attached hydrogen (secondary N) is 2. The van der Waals surface area contributed by atoms with Crippen molar-refractivity contribution >= 4 is 60.5 Å². The van der Waals surface area contributed by atoms with Crippen LogP contribution in [0.25, 0.3) is 6.08 Å². The van der Waals surface area contributed by atoms with E-state index in [4.69, 9.17) is 0 Å². The Bertz CT molecular complexity index is 951. The van der Waals surface area contributed by atoms with E-state index in [1.54, 1.807) is 6.08 Å². The van der Waals surface area contributed by atoms with Crippen molar-refractivity contribution in [1.29, 1.82) is 0 Å². The molecule has 0 aliphatic heterocycles. The fourth-order valence-electron chi connectivity index (χ4n) is 4.16. The van der Waals surface area contributed by atoms with Crippen molar-refractivity contribution in [3.8, 4) is 0 Å². The van der Waals surface area contributed by atoms with Gasteiger partial charge in [-0.05, 0) is 0 Å². The van der Waals surface area contributed by atoms with Crippen LogP contribution in [0.15, 0.2) is 54.6 Å². The van der Waals surface area contributed by atoms with E-state index in [9.17, 15) is 9.59 Å². The quantitative estimate of drug-likeness (QED) is 0.358. The fraction of sp³-hybridized carbons (Fsp3) is 0.407. The average molecular weight is 570 g/mol. The Morgan fingerprint density at radius 3 is 2.42 bits per heavy atom. The Balaban J connectivity index is 1.64. The number of benzene rings is 2. The fourth-order valence-corrected chi connectivity index (χ4v) is 8.26.